The van der Waals surface area contributed by atoms with Gasteiger partial charge in [-0.15, -0.1) is 0 Å². The Bertz CT molecular complexity index is 614. The van der Waals surface area contributed by atoms with Gasteiger partial charge in [-0.3, -0.25) is 5.10 Å². The molecule has 17 heavy (non-hydrogen) atoms. The number of benzene rings is 1. The maximum absolute atomic E-state index is 13.9. The number of H-pyrrole nitrogens is 1. The van der Waals surface area contributed by atoms with Gasteiger partial charge in [0.1, 0.15) is 5.82 Å². The molecule has 2 aromatic heterocycles. The summed E-state index contributed by atoms with van der Waals surface area (Å²) in [6.45, 7) is 0. The third kappa shape index (κ3) is 1.71. The molecule has 0 atom stereocenters. The second-order valence-electron chi connectivity index (χ2n) is 3.61. The summed E-state index contributed by atoms with van der Waals surface area (Å²) in [5, 5.41) is 6.64. The van der Waals surface area contributed by atoms with Crippen LogP contribution in [0.15, 0.2) is 49.2 Å². The lowest BCUT2D eigenvalue weighted by Gasteiger charge is -2.05. The highest BCUT2D eigenvalue weighted by Crippen LogP contribution is 2.21. The van der Waals surface area contributed by atoms with Gasteiger partial charge in [0.25, 0.3) is 0 Å². The Balaban J connectivity index is 2.06. The Labute approximate surface area is 96.7 Å². The van der Waals surface area contributed by atoms with Gasteiger partial charge < -0.3 is 4.57 Å². The number of halogens is 1. The molecule has 0 radical (unpaired) electrons. The van der Waals surface area contributed by atoms with E-state index in [0.717, 1.165) is 11.3 Å². The van der Waals surface area contributed by atoms with Crippen LogP contribution in [0, 0.1) is 5.82 Å². The van der Waals surface area contributed by atoms with Crippen molar-refractivity contribution in [3.8, 4) is 16.9 Å². The molecule has 5 heteroatoms. The van der Waals surface area contributed by atoms with E-state index in [1.807, 2.05) is 6.07 Å². The molecule has 3 aromatic rings. The van der Waals surface area contributed by atoms with E-state index in [-0.39, 0.29) is 5.82 Å². The zero-order valence-electron chi connectivity index (χ0n) is 8.84. The molecule has 0 saturated carbocycles. The van der Waals surface area contributed by atoms with Crippen LogP contribution in [0.4, 0.5) is 4.39 Å². The molecule has 1 N–H and O–H groups in total. The van der Waals surface area contributed by atoms with Crippen LogP contribution in [0.3, 0.4) is 0 Å². The van der Waals surface area contributed by atoms with Crippen LogP contribution < -0.4 is 0 Å². The van der Waals surface area contributed by atoms with Gasteiger partial charge in [-0.25, -0.2) is 9.37 Å². The fourth-order valence-electron chi connectivity index (χ4n) is 1.70. The van der Waals surface area contributed by atoms with Gasteiger partial charge in [0.05, 0.1) is 17.7 Å². The number of rotatable bonds is 2. The number of nitrogens with zero attached hydrogens (tertiary/aromatic N) is 3. The highest BCUT2D eigenvalue weighted by molar-refractivity contribution is 5.60. The smallest absolute Gasteiger partial charge is 0.147 e. The number of hydrogen-bond donors (Lipinski definition) is 1. The summed E-state index contributed by atoms with van der Waals surface area (Å²) in [6.07, 6.45) is 6.52. The predicted molar refractivity (Wildman–Crippen MR) is 61.1 cm³/mol. The minimum Gasteiger partial charge on any atom is -0.303 e. The average Bonchev–Trinajstić information content (AvgIpc) is 3.02. The van der Waals surface area contributed by atoms with Gasteiger partial charge in [0, 0.05) is 24.2 Å². The molecule has 2 heterocycles. The molecular weight excluding hydrogens is 219 g/mol. The molecule has 1 aromatic carbocycles. The molecule has 0 aliphatic carbocycles. The maximum Gasteiger partial charge on any atom is 0.147 e. The van der Waals surface area contributed by atoms with Gasteiger partial charge in [0.15, 0.2) is 0 Å². The standard InChI is InChI=1S/C12H9FN4/c13-10-7-9(11-3-4-15-16-11)1-2-12(10)17-6-5-14-8-17/h1-8H,(H,15,16). The van der Waals surface area contributed by atoms with Crippen LogP contribution in [-0.4, -0.2) is 19.7 Å². The Hall–Kier alpha value is -2.43. The van der Waals surface area contributed by atoms with E-state index in [9.17, 15) is 4.39 Å². The zero-order valence-corrected chi connectivity index (χ0v) is 8.84. The number of hydrogen-bond acceptors (Lipinski definition) is 2. The van der Waals surface area contributed by atoms with Crippen LogP contribution in [-0.2, 0) is 0 Å². The van der Waals surface area contributed by atoms with Crippen LogP contribution in [0.1, 0.15) is 0 Å². The van der Waals surface area contributed by atoms with Gasteiger partial charge in [0.2, 0.25) is 0 Å². The van der Waals surface area contributed by atoms with E-state index in [0.29, 0.717) is 5.69 Å². The fraction of sp³-hybridized carbons (Fsp3) is 0. The van der Waals surface area contributed by atoms with Crippen molar-refractivity contribution < 1.29 is 4.39 Å². The van der Waals surface area contributed by atoms with Crippen molar-refractivity contribution in [2.75, 3.05) is 0 Å². The summed E-state index contributed by atoms with van der Waals surface area (Å²) < 4.78 is 15.6. The van der Waals surface area contributed by atoms with E-state index >= 15 is 0 Å². The van der Waals surface area contributed by atoms with Crippen molar-refractivity contribution in [3.63, 3.8) is 0 Å². The second kappa shape index (κ2) is 3.86. The zero-order chi connectivity index (χ0) is 11.7. The molecule has 0 aliphatic rings. The average molecular weight is 228 g/mol. The monoisotopic (exact) mass is 228 g/mol. The van der Waals surface area contributed by atoms with Crippen LogP contribution in [0.2, 0.25) is 0 Å². The summed E-state index contributed by atoms with van der Waals surface area (Å²) in [4.78, 5) is 3.89. The molecule has 0 amide bonds. The van der Waals surface area contributed by atoms with E-state index in [2.05, 4.69) is 15.2 Å². The fourth-order valence-corrected chi connectivity index (χ4v) is 1.70. The highest BCUT2D eigenvalue weighted by atomic mass is 19.1. The normalized spacial score (nSPS) is 10.6. The minimum absolute atomic E-state index is 0.296. The topological polar surface area (TPSA) is 46.5 Å². The lowest BCUT2D eigenvalue weighted by molar-refractivity contribution is 0.618. The summed E-state index contributed by atoms with van der Waals surface area (Å²) in [5.41, 5.74) is 2.04. The highest BCUT2D eigenvalue weighted by Gasteiger charge is 2.07. The molecule has 0 bridgehead atoms. The Morgan fingerprint density at radius 3 is 2.76 bits per heavy atom. The maximum atomic E-state index is 13.9. The van der Waals surface area contributed by atoms with E-state index < -0.39 is 0 Å². The van der Waals surface area contributed by atoms with Gasteiger partial charge in [-0.1, -0.05) is 6.07 Å². The van der Waals surface area contributed by atoms with Crippen molar-refractivity contribution in [1.29, 1.82) is 0 Å². The molecule has 4 nitrogen and oxygen atoms in total. The Morgan fingerprint density at radius 2 is 2.12 bits per heavy atom. The molecular formula is C12H9FN4. The van der Waals surface area contributed by atoms with Crippen molar-refractivity contribution in [2.45, 2.75) is 0 Å². The van der Waals surface area contributed by atoms with Crippen molar-refractivity contribution in [1.82, 2.24) is 19.7 Å². The van der Waals surface area contributed by atoms with E-state index in [1.165, 1.54) is 6.07 Å². The second-order valence-corrected chi connectivity index (χ2v) is 3.61. The minimum atomic E-state index is -0.296. The molecule has 84 valence electrons. The van der Waals surface area contributed by atoms with Crippen molar-refractivity contribution in [2.24, 2.45) is 0 Å². The third-order valence-electron chi connectivity index (χ3n) is 2.54. The Morgan fingerprint density at radius 1 is 1.18 bits per heavy atom. The summed E-state index contributed by atoms with van der Waals surface area (Å²) in [6, 6.07) is 6.83. The van der Waals surface area contributed by atoms with Crippen molar-refractivity contribution in [3.05, 3.63) is 55.0 Å². The lowest BCUT2D eigenvalue weighted by Crippen LogP contribution is -1.95. The molecule has 3 rings (SSSR count). The molecule has 0 spiro atoms. The number of nitrogens with one attached hydrogen (secondary N) is 1. The van der Waals surface area contributed by atoms with E-state index in [4.69, 9.17) is 0 Å². The van der Waals surface area contributed by atoms with Crippen LogP contribution in [0.25, 0.3) is 16.9 Å². The number of aromatic nitrogens is 4. The first kappa shape index (κ1) is 9.77. The predicted octanol–water partition coefficient (Wildman–Crippen LogP) is 2.40. The number of imidazole rings is 1. The first-order chi connectivity index (χ1) is 8.34. The Kier molecular flexibility index (Phi) is 2.22. The molecule has 0 fully saturated rings. The molecule has 0 unspecified atom stereocenters. The van der Waals surface area contributed by atoms with Crippen molar-refractivity contribution >= 4 is 0 Å². The van der Waals surface area contributed by atoms with Crippen LogP contribution >= 0.6 is 0 Å². The van der Waals surface area contributed by atoms with Crippen LogP contribution in [0.5, 0.6) is 0 Å². The van der Waals surface area contributed by atoms with Gasteiger partial charge in [-0.05, 0) is 18.2 Å². The summed E-state index contributed by atoms with van der Waals surface area (Å²) in [5.74, 6) is -0.296. The third-order valence-corrected chi connectivity index (χ3v) is 2.54. The lowest BCUT2D eigenvalue weighted by atomic mass is 10.1. The largest absolute Gasteiger partial charge is 0.303 e. The first-order valence-electron chi connectivity index (χ1n) is 5.12. The summed E-state index contributed by atoms with van der Waals surface area (Å²) >= 11 is 0. The molecule has 0 aliphatic heterocycles. The summed E-state index contributed by atoms with van der Waals surface area (Å²) in [7, 11) is 0. The first-order valence-corrected chi connectivity index (χ1v) is 5.12. The van der Waals surface area contributed by atoms with E-state index in [1.54, 1.807) is 41.6 Å². The number of aromatic amines is 1. The SMILES string of the molecule is Fc1cc(-c2ccn[nH]2)ccc1-n1ccnc1. The quantitative estimate of drug-likeness (QED) is 0.732. The molecule has 0 saturated heterocycles. The van der Waals surface area contributed by atoms with Gasteiger partial charge >= 0.3 is 0 Å². The van der Waals surface area contributed by atoms with Gasteiger partial charge in [-0.2, -0.15) is 5.10 Å².